The summed E-state index contributed by atoms with van der Waals surface area (Å²) in [4.78, 5) is 27.7. The Morgan fingerprint density at radius 2 is 2.14 bits per heavy atom. The maximum Gasteiger partial charge on any atom is 0.314 e. The highest BCUT2D eigenvalue weighted by Crippen LogP contribution is 2.36. The van der Waals surface area contributed by atoms with Crippen LogP contribution < -0.4 is 0 Å². The zero-order valence-electron chi connectivity index (χ0n) is 17.1. The fourth-order valence-electron chi connectivity index (χ4n) is 4.06. The Bertz CT molecular complexity index is 866. The van der Waals surface area contributed by atoms with Crippen LogP contribution in [0.1, 0.15) is 37.3 Å². The molecule has 156 valence electrons. The first-order valence-corrected chi connectivity index (χ1v) is 10.5. The van der Waals surface area contributed by atoms with E-state index in [1.165, 1.54) is 0 Å². The zero-order valence-corrected chi connectivity index (χ0v) is 17.8. The average molecular weight is 418 g/mol. The number of aromatic nitrogens is 2. The lowest BCUT2D eigenvalue weighted by molar-refractivity contribution is -0.160. The van der Waals surface area contributed by atoms with Crippen molar-refractivity contribution in [1.29, 1.82) is 0 Å². The van der Waals surface area contributed by atoms with Crippen LogP contribution >= 0.6 is 11.6 Å². The second-order valence-corrected chi connectivity index (χ2v) is 8.19. The third-order valence-electron chi connectivity index (χ3n) is 5.46. The normalized spacial score (nSPS) is 19.2. The van der Waals surface area contributed by atoms with Crippen LogP contribution in [-0.2, 0) is 34.2 Å². The van der Waals surface area contributed by atoms with E-state index in [9.17, 15) is 9.59 Å². The number of carbonyl (C=O) groups is 2. The minimum absolute atomic E-state index is 0.0633. The lowest BCUT2D eigenvalue weighted by atomic mass is 9.75. The fourth-order valence-corrected chi connectivity index (χ4v) is 4.27. The number of hydrogen-bond acceptors (Lipinski definition) is 4. The van der Waals surface area contributed by atoms with E-state index < -0.39 is 5.41 Å². The Morgan fingerprint density at radius 1 is 1.31 bits per heavy atom. The van der Waals surface area contributed by atoms with Crippen molar-refractivity contribution in [3.63, 3.8) is 0 Å². The van der Waals surface area contributed by atoms with Gasteiger partial charge in [-0.3, -0.25) is 14.3 Å². The molecule has 0 unspecified atom stereocenters. The van der Waals surface area contributed by atoms with Crippen molar-refractivity contribution >= 4 is 23.5 Å². The predicted octanol–water partition coefficient (Wildman–Crippen LogP) is 3.42. The summed E-state index contributed by atoms with van der Waals surface area (Å²) in [5.41, 5.74) is 1.28. The monoisotopic (exact) mass is 417 g/mol. The number of esters is 1. The van der Waals surface area contributed by atoms with Crippen LogP contribution in [0.25, 0.3) is 0 Å². The molecule has 0 bridgehead atoms. The summed E-state index contributed by atoms with van der Waals surface area (Å²) < 4.78 is 7.16. The quantitative estimate of drug-likeness (QED) is 0.647. The van der Waals surface area contributed by atoms with Gasteiger partial charge < -0.3 is 9.64 Å². The lowest BCUT2D eigenvalue weighted by Crippen LogP contribution is -2.51. The van der Waals surface area contributed by atoms with Gasteiger partial charge in [-0.1, -0.05) is 23.7 Å². The first-order valence-electron chi connectivity index (χ1n) is 10.1. The number of piperidine rings is 1. The molecule has 0 radical (unpaired) electrons. The molecular weight excluding hydrogens is 390 g/mol. The number of amides is 1. The Kier molecular flexibility index (Phi) is 6.96. The van der Waals surface area contributed by atoms with E-state index in [0.29, 0.717) is 50.4 Å². The molecule has 1 aromatic heterocycles. The summed E-state index contributed by atoms with van der Waals surface area (Å²) in [5.74, 6) is -0.168. The van der Waals surface area contributed by atoms with Gasteiger partial charge >= 0.3 is 5.97 Å². The van der Waals surface area contributed by atoms with Crippen molar-refractivity contribution in [2.45, 2.75) is 39.0 Å². The number of benzene rings is 1. The van der Waals surface area contributed by atoms with Gasteiger partial charge in [-0.05, 0) is 55.9 Å². The summed E-state index contributed by atoms with van der Waals surface area (Å²) in [6.07, 6.45) is 6.74. The van der Waals surface area contributed by atoms with E-state index in [4.69, 9.17) is 16.3 Å². The predicted molar refractivity (Wildman–Crippen MR) is 112 cm³/mol. The second kappa shape index (κ2) is 9.44. The molecule has 1 atom stereocenters. The highest BCUT2D eigenvalue weighted by Gasteiger charge is 2.44. The third-order valence-corrected chi connectivity index (χ3v) is 5.69. The van der Waals surface area contributed by atoms with Gasteiger partial charge in [-0.15, -0.1) is 0 Å². The Hall–Kier alpha value is -2.34. The van der Waals surface area contributed by atoms with Gasteiger partial charge in [-0.2, -0.15) is 5.10 Å². The van der Waals surface area contributed by atoms with Gasteiger partial charge in [-0.25, -0.2) is 0 Å². The van der Waals surface area contributed by atoms with Crippen molar-refractivity contribution in [3.8, 4) is 0 Å². The molecule has 1 aliphatic heterocycles. The standard InChI is InChI=1S/C22H28ClN3O3/c1-3-29-21(28)22(13-17-6-4-7-19(23)12-17)10-5-11-26(16-22)20(27)9-8-18-14-24-25(2)15-18/h4,6-7,12,14-15H,3,5,8-11,13,16H2,1-2H3/t22-/m0/s1. The van der Waals surface area contributed by atoms with E-state index in [0.717, 1.165) is 17.5 Å². The Balaban J connectivity index is 1.73. The number of likely N-dealkylation sites (tertiary alicyclic amines) is 1. The van der Waals surface area contributed by atoms with Gasteiger partial charge in [0, 0.05) is 37.8 Å². The molecule has 1 aromatic carbocycles. The van der Waals surface area contributed by atoms with E-state index in [2.05, 4.69) is 5.10 Å². The van der Waals surface area contributed by atoms with E-state index in [1.54, 1.807) is 10.9 Å². The van der Waals surface area contributed by atoms with Crippen molar-refractivity contribution in [1.82, 2.24) is 14.7 Å². The molecule has 6 nitrogen and oxygen atoms in total. The van der Waals surface area contributed by atoms with Crippen LogP contribution in [0.4, 0.5) is 0 Å². The number of halogens is 1. The van der Waals surface area contributed by atoms with Crippen molar-refractivity contribution in [2.75, 3.05) is 19.7 Å². The first kappa shape index (κ1) is 21.4. The number of hydrogen-bond donors (Lipinski definition) is 0. The van der Waals surface area contributed by atoms with E-state index in [1.807, 2.05) is 49.3 Å². The molecule has 3 rings (SSSR count). The molecular formula is C22H28ClN3O3. The first-order chi connectivity index (χ1) is 13.9. The zero-order chi connectivity index (χ0) is 20.9. The van der Waals surface area contributed by atoms with E-state index in [-0.39, 0.29) is 11.9 Å². The average Bonchev–Trinajstić information content (AvgIpc) is 3.11. The third kappa shape index (κ3) is 5.38. The molecule has 2 aromatic rings. The molecule has 1 saturated heterocycles. The van der Waals surface area contributed by atoms with Gasteiger partial charge in [0.15, 0.2) is 0 Å². The van der Waals surface area contributed by atoms with Crippen LogP contribution in [0.5, 0.6) is 0 Å². The minimum atomic E-state index is -0.733. The fraction of sp³-hybridized carbons (Fsp3) is 0.500. The molecule has 29 heavy (non-hydrogen) atoms. The molecule has 0 spiro atoms. The van der Waals surface area contributed by atoms with Gasteiger partial charge in [0.2, 0.25) is 5.91 Å². The summed E-state index contributed by atoms with van der Waals surface area (Å²) in [7, 11) is 1.86. The van der Waals surface area contributed by atoms with Crippen LogP contribution in [0.3, 0.4) is 0 Å². The topological polar surface area (TPSA) is 64.4 Å². The number of ether oxygens (including phenoxy) is 1. The number of aryl methyl sites for hydroxylation is 2. The maximum atomic E-state index is 13.0. The highest BCUT2D eigenvalue weighted by atomic mass is 35.5. The molecule has 1 fully saturated rings. The van der Waals surface area contributed by atoms with Crippen molar-refractivity contribution in [2.24, 2.45) is 12.5 Å². The molecule has 0 N–H and O–H groups in total. The van der Waals surface area contributed by atoms with Crippen LogP contribution in [0.15, 0.2) is 36.7 Å². The summed E-state index contributed by atoms with van der Waals surface area (Å²) in [6, 6.07) is 7.55. The van der Waals surface area contributed by atoms with E-state index >= 15 is 0 Å². The smallest absolute Gasteiger partial charge is 0.314 e. The van der Waals surface area contributed by atoms with Crippen LogP contribution in [0, 0.1) is 5.41 Å². The van der Waals surface area contributed by atoms with Crippen molar-refractivity contribution < 1.29 is 14.3 Å². The summed E-state index contributed by atoms with van der Waals surface area (Å²) in [6.45, 7) is 3.18. The summed E-state index contributed by atoms with van der Waals surface area (Å²) >= 11 is 6.14. The second-order valence-electron chi connectivity index (χ2n) is 7.75. The molecule has 0 aliphatic carbocycles. The van der Waals surface area contributed by atoms with Crippen LogP contribution in [-0.4, -0.2) is 46.3 Å². The maximum absolute atomic E-state index is 13.0. The molecule has 0 saturated carbocycles. The number of nitrogens with zero attached hydrogens (tertiary/aromatic N) is 3. The van der Waals surface area contributed by atoms with Crippen LogP contribution in [0.2, 0.25) is 5.02 Å². The molecule has 1 amide bonds. The largest absolute Gasteiger partial charge is 0.466 e. The summed E-state index contributed by atoms with van der Waals surface area (Å²) in [5, 5.41) is 4.79. The molecule has 7 heteroatoms. The minimum Gasteiger partial charge on any atom is -0.466 e. The van der Waals surface area contributed by atoms with Crippen molar-refractivity contribution in [3.05, 3.63) is 52.8 Å². The SMILES string of the molecule is CCOC(=O)[C@]1(Cc2cccc(Cl)c2)CCCN(C(=O)CCc2cnn(C)c2)C1. The van der Waals surface area contributed by atoms with Gasteiger partial charge in [0.1, 0.15) is 0 Å². The Morgan fingerprint density at radius 3 is 2.83 bits per heavy atom. The number of rotatable bonds is 7. The molecule has 1 aliphatic rings. The Labute approximate surface area is 176 Å². The van der Waals surface area contributed by atoms with Gasteiger partial charge in [0.05, 0.1) is 18.2 Å². The van der Waals surface area contributed by atoms with Gasteiger partial charge in [0.25, 0.3) is 0 Å². The molecule has 2 heterocycles. The number of carbonyl (C=O) groups excluding carboxylic acids is 2. The highest BCUT2D eigenvalue weighted by molar-refractivity contribution is 6.30. The lowest BCUT2D eigenvalue weighted by Gasteiger charge is -2.41.